The van der Waals surface area contributed by atoms with E-state index in [4.69, 9.17) is 0 Å². The summed E-state index contributed by atoms with van der Waals surface area (Å²) in [6.45, 7) is 1.95. The Hall–Kier alpha value is -4.10. The normalized spacial score (nSPS) is 10.9. The number of phenols is 1. The van der Waals surface area contributed by atoms with Gasteiger partial charge in [-0.2, -0.15) is 20.1 Å². The number of nitro benzene ring substituents is 1. The average Bonchev–Trinajstić information content (AvgIpc) is 2.84. The molecule has 0 saturated carbocycles. The molecule has 4 N–H and O–H groups in total. The zero-order valence-electron chi connectivity index (χ0n) is 18.6. The lowest BCUT2D eigenvalue weighted by molar-refractivity contribution is -0.384. The van der Waals surface area contributed by atoms with Crippen LogP contribution in [0.3, 0.4) is 0 Å². The molecule has 0 amide bonds. The lowest BCUT2D eigenvalue weighted by atomic mass is 10.2. The van der Waals surface area contributed by atoms with Gasteiger partial charge >= 0.3 is 0 Å². The van der Waals surface area contributed by atoms with Crippen molar-refractivity contribution in [2.75, 3.05) is 16.1 Å². The molecule has 0 spiro atoms. The van der Waals surface area contributed by atoms with Crippen molar-refractivity contribution in [3.63, 3.8) is 0 Å². The van der Waals surface area contributed by atoms with Crippen LogP contribution in [0.1, 0.15) is 11.1 Å². The summed E-state index contributed by atoms with van der Waals surface area (Å²) in [6, 6.07) is 16.9. The maximum atomic E-state index is 10.9. The predicted octanol–water partition coefficient (Wildman–Crippen LogP) is 6.25. The molecule has 0 unspecified atom stereocenters. The number of phenolic OH excluding ortho intramolecular Hbond substituents is 1. The van der Waals surface area contributed by atoms with Crippen LogP contribution in [0.2, 0.25) is 0 Å². The number of aryl methyl sites for hydroxylation is 1. The van der Waals surface area contributed by atoms with Gasteiger partial charge in [-0.15, -0.1) is 0 Å². The van der Waals surface area contributed by atoms with E-state index in [0.29, 0.717) is 15.7 Å². The molecule has 0 saturated heterocycles. The fourth-order valence-corrected chi connectivity index (χ4v) is 4.27. The van der Waals surface area contributed by atoms with Crippen molar-refractivity contribution >= 4 is 73.0 Å². The first kappa shape index (κ1) is 25.0. The number of aromatic nitrogens is 3. The summed E-state index contributed by atoms with van der Waals surface area (Å²) >= 11 is 6.66. The van der Waals surface area contributed by atoms with Crippen LogP contribution in [-0.2, 0) is 0 Å². The van der Waals surface area contributed by atoms with Crippen LogP contribution in [0.5, 0.6) is 5.75 Å². The number of hydrazone groups is 1. The quantitative estimate of drug-likeness (QED) is 0.103. The van der Waals surface area contributed by atoms with Crippen molar-refractivity contribution in [1.82, 2.24) is 15.0 Å². The van der Waals surface area contributed by atoms with Crippen molar-refractivity contribution in [3.8, 4) is 5.75 Å². The van der Waals surface area contributed by atoms with E-state index in [9.17, 15) is 15.2 Å². The van der Waals surface area contributed by atoms with Crippen molar-refractivity contribution in [2.45, 2.75) is 6.92 Å². The third kappa shape index (κ3) is 6.31. The molecule has 11 nitrogen and oxygen atoms in total. The molecule has 36 heavy (non-hydrogen) atoms. The van der Waals surface area contributed by atoms with E-state index in [1.54, 1.807) is 24.3 Å². The number of hydrogen-bond donors (Lipinski definition) is 4. The molecule has 182 valence electrons. The Morgan fingerprint density at radius 3 is 2.33 bits per heavy atom. The monoisotopic (exact) mass is 612 g/mol. The molecule has 4 rings (SSSR count). The fraction of sp³-hybridized carbons (Fsp3) is 0.0435. The van der Waals surface area contributed by atoms with Gasteiger partial charge in [-0.3, -0.25) is 10.1 Å². The highest BCUT2D eigenvalue weighted by atomic mass is 79.9. The van der Waals surface area contributed by atoms with Crippen molar-refractivity contribution in [2.24, 2.45) is 5.10 Å². The Balaban J connectivity index is 1.62. The summed E-state index contributed by atoms with van der Waals surface area (Å²) in [5.41, 5.74) is 5.52. The average molecular weight is 614 g/mol. The van der Waals surface area contributed by atoms with Gasteiger partial charge < -0.3 is 15.7 Å². The number of anilines is 5. The number of hydrogen-bond acceptors (Lipinski definition) is 10. The number of rotatable bonds is 8. The van der Waals surface area contributed by atoms with Gasteiger partial charge in [0.05, 0.1) is 15.6 Å². The van der Waals surface area contributed by atoms with Gasteiger partial charge in [-0.1, -0.05) is 34.1 Å². The standard InChI is InChI=1S/C23H18Br2N8O3/c1-13-4-2-3-5-19(13)28-22-29-21(27-16-6-8-17(9-7-16)33(35)36)30-23(31-22)32-26-12-14-10-15(24)11-18(25)20(14)34/h2-12,34H,1H3,(H3,27,28,29,30,31,32). The maximum absolute atomic E-state index is 10.9. The third-order valence-corrected chi connectivity index (χ3v) is 5.85. The van der Waals surface area contributed by atoms with E-state index < -0.39 is 4.92 Å². The molecule has 0 aliphatic carbocycles. The molecular formula is C23H18Br2N8O3. The minimum Gasteiger partial charge on any atom is -0.506 e. The number of benzene rings is 3. The van der Waals surface area contributed by atoms with Gasteiger partial charge in [0.15, 0.2) is 0 Å². The number of aromatic hydroxyl groups is 1. The minimum atomic E-state index is -0.474. The molecule has 0 radical (unpaired) electrons. The van der Waals surface area contributed by atoms with E-state index in [2.05, 4.69) is 68.0 Å². The van der Waals surface area contributed by atoms with Crippen LogP contribution in [0.4, 0.5) is 34.9 Å². The Labute approximate surface area is 222 Å². The zero-order chi connectivity index (χ0) is 25.7. The van der Waals surface area contributed by atoms with Gasteiger partial charge in [0, 0.05) is 33.5 Å². The first-order valence-corrected chi connectivity index (χ1v) is 11.9. The second-order valence-corrected chi connectivity index (χ2v) is 9.14. The van der Waals surface area contributed by atoms with Crippen LogP contribution >= 0.6 is 31.9 Å². The Kier molecular flexibility index (Phi) is 7.71. The first-order valence-electron chi connectivity index (χ1n) is 10.4. The number of nitro groups is 1. The van der Waals surface area contributed by atoms with Crippen LogP contribution < -0.4 is 16.1 Å². The highest BCUT2D eigenvalue weighted by Crippen LogP contribution is 2.30. The summed E-state index contributed by atoms with van der Waals surface area (Å²) in [5.74, 6) is 0.576. The second kappa shape index (κ2) is 11.1. The molecule has 0 bridgehead atoms. The lowest BCUT2D eigenvalue weighted by Gasteiger charge is -2.11. The summed E-state index contributed by atoms with van der Waals surface area (Å²) in [6.07, 6.45) is 1.42. The van der Waals surface area contributed by atoms with E-state index in [-0.39, 0.29) is 29.3 Å². The number of halogens is 2. The molecule has 0 atom stereocenters. The van der Waals surface area contributed by atoms with Crippen LogP contribution in [0.25, 0.3) is 0 Å². The predicted molar refractivity (Wildman–Crippen MR) is 145 cm³/mol. The van der Waals surface area contributed by atoms with Crippen LogP contribution in [0, 0.1) is 17.0 Å². The van der Waals surface area contributed by atoms with Gasteiger partial charge in [0.25, 0.3) is 5.69 Å². The minimum absolute atomic E-state index is 0.0295. The smallest absolute Gasteiger partial charge is 0.269 e. The van der Waals surface area contributed by atoms with Gasteiger partial charge in [0.1, 0.15) is 5.75 Å². The van der Waals surface area contributed by atoms with Gasteiger partial charge in [0.2, 0.25) is 17.8 Å². The molecule has 1 heterocycles. The first-order chi connectivity index (χ1) is 17.3. The van der Waals surface area contributed by atoms with Gasteiger partial charge in [-0.05, 0) is 58.7 Å². The largest absolute Gasteiger partial charge is 0.506 e. The van der Waals surface area contributed by atoms with Crippen molar-refractivity contribution in [1.29, 1.82) is 0 Å². The SMILES string of the molecule is Cc1ccccc1Nc1nc(NN=Cc2cc(Br)cc(Br)c2O)nc(Nc2ccc([N+](=O)[O-])cc2)n1. The number of para-hydroxylation sites is 1. The van der Waals surface area contributed by atoms with Crippen LogP contribution in [-0.4, -0.2) is 31.2 Å². The van der Waals surface area contributed by atoms with E-state index >= 15 is 0 Å². The highest BCUT2D eigenvalue weighted by Gasteiger charge is 2.10. The van der Waals surface area contributed by atoms with Crippen LogP contribution in [0.15, 0.2) is 74.7 Å². The Morgan fingerprint density at radius 1 is 0.972 bits per heavy atom. The van der Waals surface area contributed by atoms with E-state index in [0.717, 1.165) is 15.7 Å². The third-order valence-electron chi connectivity index (χ3n) is 4.79. The van der Waals surface area contributed by atoms with Crippen molar-refractivity contribution in [3.05, 3.63) is 90.9 Å². The summed E-state index contributed by atoms with van der Waals surface area (Å²) in [5, 5.41) is 31.5. The molecule has 13 heteroatoms. The number of non-ortho nitro benzene ring substituents is 1. The molecule has 0 aliphatic rings. The number of nitrogens with zero attached hydrogens (tertiary/aromatic N) is 5. The highest BCUT2D eigenvalue weighted by molar-refractivity contribution is 9.11. The topological polar surface area (TPSA) is 150 Å². The molecule has 0 aliphatic heterocycles. The van der Waals surface area contributed by atoms with E-state index in [1.807, 2.05) is 31.2 Å². The fourth-order valence-electron chi connectivity index (χ4n) is 3.01. The zero-order valence-corrected chi connectivity index (χ0v) is 21.8. The number of nitrogens with one attached hydrogen (secondary N) is 3. The second-order valence-electron chi connectivity index (χ2n) is 7.37. The molecule has 1 aromatic heterocycles. The molecule has 4 aromatic rings. The molecule has 3 aromatic carbocycles. The Bertz CT molecular complexity index is 1450. The Morgan fingerprint density at radius 2 is 1.64 bits per heavy atom. The summed E-state index contributed by atoms with van der Waals surface area (Å²) in [4.78, 5) is 23.5. The summed E-state index contributed by atoms with van der Waals surface area (Å²) < 4.78 is 1.27. The molecular weight excluding hydrogens is 596 g/mol. The lowest BCUT2D eigenvalue weighted by Crippen LogP contribution is -2.07. The van der Waals surface area contributed by atoms with E-state index in [1.165, 1.54) is 18.3 Å². The van der Waals surface area contributed by atoms with Gasteiger partial charge in [-0.25, -0.2) is 5.43 Å². The molecule has 0 fully saturated rings. The van der Waals surface area contributed by atoms with Crippen molar-refractivity contribution < 1.29 is 10.0 Å². The summed E-state index contributed by atoms with van der Waals surface area (Å²) in [7, 11) is 0. The maximum Gasteiger partial charge on any atom is 0.269 e.